The summed E-state index contributed by atoms with van der Waals surface area (Å²) >= 11 is 0. The Balaban J connectivity index is 1.65. The molecule has 144 valence electrons. The molecule has 0 radical (unpaired) electrons. The highest BCUT2D eigenvalue weighted by Crippen LogP contribution is 2.32. The monoisotopic (exact) mass is 376 g/mol. The van der Waals surface area contributed by atoms with E-state index in [0.29, 0.717) is 11.4 Å². The third kappa shape index (κ3) is 3.01. The molecule has 3 N–H and O–H groups in total. The van der Waals surface area contributed by atoms with Crippen LogP contribution in [-0.2, 0) is 5.41 Å². The van der Waals surface area contributed by atoms with E-state index in [-0.39, 0.29) is 23.6 Å². The lowest BCUT2D eigenvalue weighted by Crippen LogP contribution is -2.26. The lowest BCUT2D eigenvalue weighted by molar-refractivity contribution is 0.411. The molecule has 0 amide bonds. The average Bonchev–Trinajstić information content (AvgIpc) is 3.20. The van der Waals surface area contributed by atoms with Gasteiger partial charge in [-0.15, -0.1) is 0 Å². The first-order valence-electron chi connectivity index (χ1n) is 9.21. The summed E-state index contributed by atoms with van der Waals surface area (Å²) < 4.78 is 5.25. The molecule has 4 rings (SSSR count). The van der Waals surface area contributed by atoms with E-state index < -0.39 is 0 Å². The highest BCUT2D eigenvalue weighted by atomic mass is 16.5. The van der Waals surface area contributed by atoms with Gasteiger partial charge < -0.3 is 19.7 Å². The fourth-order valence-corrected chi connectivity index (χ4v) is 3.42. The lowest BCUT2D eigenvalue weighted by Gasteiger charge is -2.22. The molecule has 0 spiro atoms. The van der Waals surface area contributed by atoms with Crippen molar-refractivity contribution in [3.63, 3.8) is 0 Å². The van der Waals surface area contributed by atoms with Crippen LogP contribution >= 0.6 is 0 Å². The highest BCUT2D eigenvalue weighted by Gasteiger charge is 2.31. The second-order valence-corrected chi connectivity index (χ2v) is 8.02. The van der Waals surface area contributed by atoms with Gasteiger partial charge in [0.05, 0.1) is 30.3 Å². The number of rotatable bonds is 3. The van der Waals surface area contributed by atoms with Crippen molar-refractivity contribution in [2.75, 3.05) is 18.6 Å². The molecule has 1 aliphatic heterocycles. The number of hydrogen-bond donors (Lipinski definition) is 3. The van der Waals surface area contributed by atoms with E-state index in [4.69, 9.17) is 10.1 Å². The van der Waals surface area contributed by atoms with Crippen LogP contribution in [0.1, 0.15) is 32.2 Å². The van der Waals surface area contributed by atoms with Gasteiger partial charge in [-0.2, -0.15) is 0 Å². The van der Waals surface area contributed by atoms with E-state index >= 15 is 0 Å². The van der Waals surface area contributed by atoms with Crippen molar-refractivity contribution in [1.82, 2.24) is 9.97 Å². The van der Waals surface area contributed by atoms with Crippen molar-refractivity contribution >= 4 is 28.1 Å². The lowest BCUT2D eigenvalue weighted by atomic mass is 9.87. The number of fused-ring (bicyclic) bond motifs is 1. The number of nitrogens with one attached hydrogen (secondary N) is 2. The normalized spacial score (nSPS) is 15.0. The molecule has 28 heavy (non-hydrogen) atoms. The molecule has 0 saturated carbocycles. The first kappa shape index (κ1) is 18.1. The van der Waals surface area contributed by atoms with Crippen LogP contribution in [0, 0.1) is 5.41 Å². The Kier molecular flexibility index (Phi) is 4.14. The smallest absolute Gasteiger partial charge is 0.145 e. The van der Waals surface area contributed by atoms with E-state index in [2.05, 4.69) is 42.9 Å². The number of nitrogens with zero attached hydrogens (tertiary/aromatic N) is 2. The van der Waals surface area contributed by atoms with Crippen LogP contribution in [0.5, 0.6) is 5.75 Å². The van der Waals surface area contributed by atoms with Crippen molar-refractivity contribution in [3.8, 4) is 5.75 Å². The summed E-state index contributed by atoms with van der Waals surface area (Å²) in [6.45, 7) is 6.76. The summed E-state index contributed by atoms with van der Waals surface area (Å²) in [6, 6.07) is 13.7. The van der Waals surface area contributed by atoms with Crippen molar-refractivity contribution in [2.45, 2.75) is 26.2 Å². The van der Waals surface area contributed by atoms with Crippen LogP contribution in [0.3, 0.4) is 0 Å². The van der Waals surface area contributed by atoms with Crippen molar-refractivity contribution in [1.29, 1.82) is 5.41 Å². The Labute approximate surface area is 164 Å². The number of benzene rings is 2. The number of methoxy groups -OCH3 is 1. The molecule has 0 unspecified atom stereocenters. The minimum atomic E-state index is 0.0674. The highest BCUT2D eigenvalue weighted by molar-refractivity contribution is 6.30. The Morgan fingerprint density at radius 1 is 1.14 bits per heavy atom. The predicted octanol–water partition coefficient (Wildman–Crippen LogP) is 4.64. The van der Waals surface area contributed by atoms with Gasteiger partial charge >= 0.3 is 0 Å². The van der Waals surface area contributed by atoms with Crippen molar-refractivity contribution in [3.05, 3.63) is 59.6 Å². The number of aliphatic hydroxyl groups excluding tert-OH is 1. The number of imidazole rings is 1. The molecule has 0 fully saturated rings. The number of H-pyrrole nitrogens is 1. The maximum Gasteiger partial charge on any atom is 0.145 e. The van der Waals surface area contributed by atoms with Crippen molar-refractivity contribution < 1.29 is 9.84 Å². The van der Waals surface area contributed by atoms with Crippen LogP contribution in [0.25, 0.3) is 16.6 Å². The summed E-state index contributed by atoms with van der Waals surface area (Å²) in [5.41, 5.74) is 4.16. The minimum absolute atomic E-state index is 0.0674. The van der Waals surface area contributed by atoms with Gasteiger partial charge in [0.25, 0.3) is 0 Å². The SMILES string of the molecule is COc1ccc2nc(C3=C(O)CN(c4ccc(C(C)(C)C)cc4)C3=N)[nH]c2c1. The number of anilines is 1. The summed E-state index contributed by atoms with van der Waals surface area (Å²) in [6.07, 6.45) is 0. The zero-order valence-corrected chi connectivity index (χ0v) is 16.5. The first-order valence-corrected chi connectivity index (χ1v) is 9.21. The minimum Gasteiger partial charge on any atom is -0.509 e. The summed E-state index contributed by atoms with van der Waals surface area (Å²) in [4.78, 5) is 9.53. The predicted molar refractivity (Wildman–Crippen MR) is 112 cm³/mol. The average molecular weight is 376 g/mol. The molecule has 6 heteroatoms. The van der Waals surface area contributed by atoms with Gasteiger partial charge in [0, 0.05) is 11.8 Å². The maximum atomic E-state index is 10.6. The van der Waals surface area contributed by atoms with Gasteiger partial charge in [-0.1, -0.05) is 32.9 Å². The van der Waals surface area contributed by atoms with E-state index in [0.717, 1.165) is 22.5 Å². The standard InChI is InChI=1S/C22H24N4O2/c1-22(2,3)13-5-7-14(8-6-13)26-12-18(27)19(20(26)23)21-24-16-10-9-15(28-4)11-17(16)25-21/h5-11,23,27H,12H2,1-4H3,(H,24,25). The molecule has 0 aliphatic carbocycles. The van der Waals surface area contributed by atoms with Gasteiger partial charge in [-0.05, 0) is 35.2 Å². The molecule has 2 aromatic carbocycles. The van der Waals surface area contributed by atoms with Gasteiger partial charge in [0.1, 0.15) is 23.2 Å². The van der Waals surface area contributed by atoms with E-state index in [9.17, 15) is 5.11 Å². The number of amidine groups is 1. The largest absolute Gasteiger partial charge is 0.509 e. The Morgan fingerprint density at radius 2 is 1.86 bits per heavy atom. The Morgan fingerprint density at radius 3 is 2.50 bits per heavy atom. The molecule has 3 aromatic rings. The maximum absolute atomic E-state index is 10.6. The molecule has 1 aromatic heterocycles. The Bertz CT molecular complexity index is 1090. The van der Waals surface area contributed by atoms with E-state index in [1.807, 2.05) is 30.3 Å². The van der Waals surface area contributed by atoms with Crippen LogP contribution in [0.4, 0.5) is 5.69 Å². The number of aromatic amines is 1. The molecule has 0 saturated heterocycles. The second kappa shape index (κ2) is 6.41. The zero-order valence-electron chi connectivity index (χ0n) is 16.5. The molecule has 0 atom stereocenters. The molecular formula is C22H24N4O2. The zero-order chi connectivity index (χ0) is 20.1. The fraction of sp³-hybridized carbons (Fsp3) is 0.273. The van der Waals surface area contributed by atoms with E-state index in [1.54, 1.807) is 12.0 Å². The summed E-state index contributed by atoms with van der Waals surface area (Å²) in [5.74, 6) is 1.57. The van der Waals surface area contributed by atoms with Crippen LogP contribution in [0.15, 0.2) is 48.2 Å². The number of hydrogen-bond acceptors (Lipinski definition) is 4. The number of aromatic nitrogens is 2. The quantitative estimate of drug-likeness (QED) is 0.622. The first-order chi connectivity index (χ1) is 13.3. The van der Waals surface area contributed by atoms with Crippen LogP contribution in [-0.4, -0.2) is 34.6 Å². The van der Waals surface area contributed by atoms with Gasteiger partial charge in [0.15, 0.2) is 0 Å². The molecule has 0 bridgehead atoms. The molecule has 6 nitrogen and oxygen atoms in total. The topological polar surface area (TPSA) is 85.2 Å². The fourth-order valence-electron chi connectivity index (χ4n) is 3.42. The Hall–Kier alpha value is -3.28. The summed E-state index contributed by atoms with van der Waals surface area (Å²) in [5, 5.41) is 19.2. The molecule has 1 aliphatic rings. The molecular weight excluding hydrogens is 352 g/mol. The van der Waals surface area contributed by atoms with Gasteiger partial charge in [0.2, 0.25) is 0 Å². The van der Waals surface area contributed by atoms with Gasteiger partial charge in [-0.25, -0.2) is 4.98 Å². The van der Waals surface area contributed by atoms with Crippen molar-refractivity contribution in [2.24, 2.45) is 0 Å². The van der Waals surface area contributed by atoms with Gasteiger partial charge in [-0.3, -0.25) is 5.41 Å². The number of aliphatic hydroxyl groups is 1. The number of ether oxygens (including phenoxy) is 1. The third-order valence-corrected chi connectivity index (χ3v) is 5.07. The second-order valence-electron chi connectivity index (χ2n) is 8.02. The van der Waals surface area contributed by atoms with Crippen LogP contribution in [0.2, 0.25) is 0 Å². The summed E-state index contributed by atoms with van der Waals surface area (Å²) in [7, 11) is 1.61. The van der Waals surface area contributed by atoms with Crippen LogP contribution < -0.4 is 9.64 Å². The molecule has 2 heterocycles. The third-order valence-electron chi connectivity index (χ3n) is 5.07. The van der Waals surface area contributed by atoms with E-state index in [1.165, 1.54) is 5.56 Å².